The fourth-order valence-electron chi connectivity index (χ4n) is 7.14. The summed E-state index contributed by atoms with van der Waals surface area (Å²) in [5, 5.41) is 5.00. The molecule has 2 aliphatic heterocycles. The van der Waals surface area contributed by atoms with E-state index in [4.69, 9.17) is 20.9 Å². The van der Waals surface area contributed by atoms with Gasteiger partial charge in [0.1, 0.15) is 5.76 Å². The average Bonchev–Trinajstić information content (AvgIpc) is 3.31. The Morgan fingerprint density at radius 2 is 1.79 bits per heavy atom. The summed E-state index contributed by atoms with van der Waals surface area (Å²) in [7, 11) is 4.18. The fraction of sp³-hybridized carbons (Fsp3) is 0.875. The standard InChI is InChI=1S/C24H37ClN2O2/c1-27-18-9-12-22(27)24(20(13-18)15-3-7-17(25)8-4-15)23-14-21(26-29-23)16-5-10-19(28-2)11-6-16/h14-20,22,24H,3-13H2,1-2H3/t15?,16?,17?,18?,19?,20-,22?,24+/m1/s1. The quantitative estimate of drug-likeness (QED) is 0.584. The predicted octanol–water partition coefficient (Wildman–Crippen LogP) is 5.71. The molecule has 4 fully saturated rings. The van der Waals surface area contributed by atoms with E-state index in [0.29, 0.717) is 29.4 Å². The Labute approximate surface area is 180 Å². The molecule has 1 aromatic rings. The smallest absolute Gasteiger partial charge is 0.141 e. The molecule has 0 aromatic carbocycles. The minimum absolute atomic E-state index is 0.395. The lowest BCUT2D eigenvalue weighted by Gasteiger charge is -2.46. The average molecular weight is 421 g/mol. The van der Waals surface area contributed by atoms with Gasteiger partial charge in [0, 0.05) is 42.5 Å². The molecule has 3 heterocycles. The van der Waals surface area contributed by atoms with Crippen molar-refractivity contribution in [3.8, 4) is 0 Å². The Kier molecular flexibility index (Phi) is 5.97. The van der Waals surface area contributed by atoms with Gasteiger partial charge in [0.15, 0.2) is 0 Å². The second-order valence-corrected chi connectivity index (χ2v) is 10.9. The van der Waals surface area contributed by atoms with Gasteiger partial charge in [-0.05, 0) is 89.5 Å². The van der Waals surface area contributed by atoms with Gasteiger partial charge in [0.25, 0.3) is 0 Å². The zero-order valence-corrected chi connectivity index (χ0v) is 18.8. The monoisotopic (exact) mass is 420 g/mol. The number of ether oxygens (including phenoxy) is 1. The molecule has 162 valence electrons. The molecule has 2 unspecified atom stereocenters. The highest BCUT2D eigenvalue weighted by atomic mass is 35.5. The molecule has 4 nitrogen and oxygen atoms in total. The van der Waals surface area contributed by atoms with Crippen LogP contribution in [0.4, 0.5) is 0 Å². The van der Waals surface area contributed by atoms with Gasteiger partial charge in [-0.25, -0.2) is 0 Å². The Morgan fingerprint density at radius 1 is 1.03 bits per heavy atom. The van der Waals surface area contributed by atoms with Gasteiger partial charge >= 0.3 is 0 Å². The van der Waals surface area contributed by atoms with Crippen LogP contribution in [0.2, 0.25) is 0 Å². The number of likely N-dealkylation sites (N-methyl/N-ethyl adjacent to an activating group) is 1. The third kappa shape index (κ3) is 3.90. The summed E-state index contributed by atoms with van der Waals surface area (Å²) in [5.74, 6) is 3.76. The summed E-state index contributed by atoms with van der Waals surface area (Å²) >= 11 is 6.43. The van der Waals surface area contributed by atoms with Gasteiger partial charge in [-0.3, -0.25) is 4.90 Å². The minimum Gasteiger partial charge on any atom is -0.381 e. The van der Waals surface area contributed by atoms with E-state index in [0.717, 1.165) is 30.7 Å². The number of piperidine rings is 1. The summed E-state index contributed by atoms with van der Waals surface area (Å²) in [6.07, 6.45) is 14.0. The zero-order chi connectivity index (χ0) is 20.0. The van der Waals surface area contributed by atoms with Crippen LogP contribution in [0.5, 0.6) is 0 Å². The Hall–Kier alpha value is -0.580. The van der Waals surface area contributed by atoms with Crippen LogP contribution in [-0.2, 0) is 4.74 Å². The van der Waals surface area contributed by atoms with Crippen LogP contribution >= 0.6 is 11.6 Å². The number of nitrogens with zero attached hydrogens (tertiary/aromatic N) is 2. The van der Waals surface area contributed by atoms with Gasteiger partial charge in [-0.1, -0.05) is 5.16 Å². The number of hydrogen-bond donors (Lipinski definition) is 0. The Balaban J connectivity index is 1.36. The van der Waals surface area contributed by atoms with E-state index in [2.05, 4.69) is 23.2 Å². The molecule has 2 aliphatic carbocycles. The number of methoxy groups -OCH3 is 1. The highest BCUT2D eigenvalue weighted by Gasteiger charge is 2.50. The first-order valence-corrected chi connectivity index (χ1v) is 12.4. The number of alkyl halides is 1. The van der Waals surface area contributed by atoms with Crippen LogP contribution in [0.3, 0.4) is 0 Å². The number of hydrogen-bond acceptors (Lipinski definition) is 4. The van der Waals surface area contributed by atoms with Crippen molar-refractivity contribution in [2.75, 3.05) is 14.2 Å². The van der Waals surface area contributed by atoms with E-state index in [-0.39, 0.29) is 0 Å². The van der Waals surface area contributed by atoms with Crippen LogP contribution in [0.25, 0.3) is 0 Å². The van der Waals surface area contributed by atoms with Crippen LogP contribution in [0, 0.1) is 11.8 Å². The van der Waals surface area contributed by atoms with E-state index in [9.17, 15) is 0 Å². The summed E-state index contributed by atoms with van der Waals surface area (Å²) < 4.78 is 11.7. The third-order valence-electron chi connectivity index (χ3n) is 8.92. The second kappa shape index (κ2) is 8.51. The lowest BCUT2D eigenvalue weighted by atomic mass is 9.67. The zero-order valence-electron chi connectivity index (χ0n) is 18.1. The molecule has 1 aromatic heterocycles. The highest BCUT2D eigenvalue weighted by Crippen LogP contribution is 2.52. The lowest BCUT2D eigenvalue weighted by Crippen LogP contribution is -2.47. The lowest BCUT2D eigenvalue weighted by molar-refractivity contribution is 0.0518. The van der Waals surface area contributed by atoms with Crippen LogP contribution in [0.15, 0.2) is 10.6 Å². The molecular weight excluding hydrogens is 384 g/mol. The molecule has 2 saturated heterocycles. The minimum atomic E-state index is 0.395. The summed E-state index contributed by atoms with van der Waals surface area (Å²) in [6.45, 7) is 0. The first kappa shape index (κ1) is 20.3. The summed E-state index contributed by atoms with van der Waals surface area (Å²) in [6, 6.07) is 3.73. The largest absolute Gasteiger partial charge is 0.381 e. The number of rotatable bonds is 4. The van der Waals surface area contributed by atoms with Gasteiger partial charge in [-0.2, -0.15) is 0 Å². The van der Waals surface area contributed by atoms with Gasteiger partial charge in [0.2, 0.25) is 0 Å². The van der Waals surface area contributed by atoms with Crippen molar-refractivity contribution in [3.05, 3.63) is 17.5 Å². The van der Waals surface area contributed by atoms with E-state index in [1.54, 1.807) is 0 Å². The first-order chi connectivity index (χ1) is 14.1. The molecule has 5 rings (SSSR count). The van der Waals surface area contributed by atoms with Crippen molar-refractivity contribution in [2.24, 2.45) is 11.8 Å². The molecule has 0 N–H and O–H groups in total. The van der Waals surface area contributed by atoms with Crippen molar-refractivity contribution in [3.63, 3.8) is 0 Å². The molecule has 29 heavy (non-hydrogen) atoms. The molecule has 2 saturated carbocycles. The maximum atomic E-state index is 6.43. The van der Waals surface area contributed by atoms with Crippen molar-refractivity contribution in [1.82, 2.24) is 10.1 Å². The molecule has 0 spiro atoms. The first-order valence-electron chi connectivity index (χ1n) is 12.0. The molecule has 0 radical (unpaired) electrons. The molecule has 5 heteroatoms. The molecule has 0 amide bonds. The fourth-order valence-corrected chi connectivity index (χ4v) is 7.40. The van der Waals surface area contributed by atoms with Crippen LogP contribution in [0.1, 0.15) is 93.9 Å². The van der Waals surface area contributed by atoms with Gasteiger partial charge in [0.05, 0.1) is 11.8 Å². The predicted molar refractivity (Wildman–Crippen MR) is 116 cm³/mol. The van der Waals surface area contributed by atoms with Crippen molar-refractivity contribution < 1.29 is 9.26 Å². The Morgan fingerprint density at radius 3 is 2.52 bits per heavy atom. The third-order valence-corrected chi connectivity index (χ3v) is 9.36. The number of halogens is 1. The molecule has 4 aliphatic rings. The normalized spacial score (nSPS) is 43.6. The topological polar surface area (TPSA) is 38.5 Å². The molecular formula is C24H37ClN2O2. The van der Waals surface area contributed by atoms with E-state index in [1.807, 2.05) is 7.11 Å². The van der Waals surface area contributed by atoms with Crippen molar-refractivity contribution >= 4 is 11.6 Å². The van der Waals surface area contributed by atoms with Crippen molar-refractivity contribution in [1.29, 1.82) is 0 Å². The van der Waals surface area contributed by atoms with E-state index >= 15 is 0 Å². The molecule has 2 bridgehead atoms. The van der Waals surface area contributed by atoms with E-state index < -0.39 is 0 Å². The highest BCUT2D eigenvalue weighted by molar-refractivity contribution is 6.20. The number of fused-ring (bicyclic) bond motifs is 2. The van der Waals surface area contributed by atoms with E-state index in [1.165, 1.54) is 69.2 Å². The summed E-state index contributed by atoms with van der Waals surface area (Å²) in [4.78, 5) is 2.65. The second-order valence-electron chi connectivity index (χ2n) is 10.3. The maximum Gasteiger partial charge on any atom is 0.141 e. The Bertz CT molecular complexity index is 678. The van der Waals surface area contributed by atoms with Crippen LogP contribution in [-0.4, -0.2) is 47.8 Å². The van der Waals surface area contributed by atoms with Crippen LogP contribution < -0.4 is 0 Å². The molecule has 4 atom stereocenters. The SMILES string of the molecule is COC1CCC(c2cc([C@@H]3C4CCC(C[C@@H]3C3CCC(Cl)CC3)N4C)on2)CC1. The maximum absolute atomic E-state index is 6.43. The summed E-state index contributed by atoms with van der Waals surface area (Å²) in [5.41, 5.74) is 1.19. The van der Waals surface area contributed by atoms with Gasteiger partial charge in [-0.15, -0.1) is 11.6 Å². The number of aromatic nitrogens is 1. The van der Waals surface area contributed by atoms with Crippen molar-refractivity contribution in [2.45, 2.75) is 106 Å². The van der Waals surface area contributed by atoms with Gasteiger partial charge < -0.3 is 9.26 Å².